The summed E-state index contributed by atoms with van der Waals surface area (Å²) in [6.45, 7) is 0. The number of aromatic nitrogens is 1. The predicted molar refractivity (Wildman–Crippen MR) is 139 cm³/mol. The molecular weight excluding hydrogens is 432 g/mol. The molecule has 0 aliphatic carbocycles. The van der Waals surface area contributed by atoms with Crippen molar-refractivity contribution in [3.63, 3.8) is 0 Å². The highest BCUT2D eigenvalue weighted by atomic mass is 35.5. The van der Waals surface area contributed by atoms with Gasteiger partial charge in [-0.25, -0.2) is 4.98 Å². The van der Waals surface area contributed by atoms with Gasteiger partial charge in [0.25, 0.3) is 0 Å². The van der Waals surface area contributed by atoms with Gasteiger partial charge in [0.15, 0.2) is 5.13 Å². The van der Waals surface area contributed by atoms with Crippen LogP contribution in [0, 0.1) is 0 Å². The van der Waals surface area contributed by atoms with Gasteiger partial charge in [-0.15, -0.1) is 12.4 Å². The quantitative estimate of drug-likeness (QED) is 0.280. The maximum Gasteiger partial charge on any atom is 0.184 e. The molecule has 0 bridgehead atoms. The number of rotatable bonds is 6. The lowest BCUT2D eigenvalue weighted by Crippen LogP contribution is -2.12. The zero-order valence-corrected chi connectivity index (χ0v) is 19.0. The number of benzene rings is 4. The van der Waals surface area contributed by atoms with Crippen molar-refractivity contribution in [1.82, 2.24) is 4.98 Å². The second-order valence-corrected chi connectivity index (χ2v) is 8.33. The van der Waals surface area contributed by atoms with Gasteiger partial charge < -0.3 is 5.32 Å². The number of anilines is 1. The van der Waals surface area contributed by atoms with Crippen LogP contribution < -0.4 is 5.32 Å². The van der Waals surface area contributed by atoms with E-state index in [-0.39, 0.29) is 18.4 Å². The topological polar surface area (TPSA) is 24.9 Å². The Bertz CT molecular complexity index is 1140. The molecule has 0 aliphatic rings. The van der Waals surface area contributed by atoms with Crippen molar-refractivity contribution >= 4 is 28.9 Å². The Morgan fingerprint density at radius 1 is 0.562 bits per heavy atom. The smallest absolute Gasteiger partial charge is 0.184 e. The summed E-state index contributed by atoms with van der Waals surface area (Å²) >= 11 is 1.70. The Balaban J connectivity index is 0.00000245. The minimum absolute atomic E-state index is 0. The second-order valence-electron chi connectivity index (χ2n) is 7.33. The van der Waals surface area contributed by atoms with E-state index in [1.807, 2.05) is 12.1 Å². The van der Waals surface area contributed by atoms with Crippen molar-refractivity contribution < 1.29 is 0 Å². The Kier molecular flexibility index (Phi) is 7.00. The molecule has 0 aliphatic heterocycles. The number of nitrogens with zero attached hydrogens (tertiary/aromatic N) is 1. The average Bonchev–Trinajstić information content (AvgIpc) is 3.29. The number of hydrogen-bond acceptors (Lipinski definition) is 3. The first-order valence-electron chi connectivity index (χ1n) is 10.4. The Labute approximate surface area is 199 Å². The van der Waals surface area contributed by atoms with E-state index in [4.69, 9.17) is 4.98 Å². The van der Waals surface area contributed by atoms with E-state index in [1.165, 1.54) is 21.6 Å². The molecule has 1 aromatic heterocycles. The lowest BCUT2D eigenvalue weighted by atomic mass is 9.99. The van der Waals surface area contributed by atoms with Gasteiger partial charge in [-0.2, -0.15) is 0 Å². The summed E-state index contributed by atoms with van der Waals surface area (Å²) < 4.78 is 0. The minimum atomic E-state index is 0. The molecule has 32 heavy (non-hydrogen) atoms. The summed E-state index contributed by atoms with van der Waals surface area (Å²) in [7, 11) is 0. The maximum atomic E-state index is 5.06. The SMILES string of the molecule is Cl.c1ccc(-c2nc(NC(c3ccccc3)c3ccccc3)sc2-c2ccccc2)cc1. The average molecular weight is 455 g/mol. The van der Waals surface area contributed by atoms with Crippen LogP contribution in [0.2, 0.25) is 0 Å². The normalized spacial score (nSPS) is 10.5. The highest BCUT2D eigenvalue weighted by Gasteiger charge is 2.19. The lowest BCUT2D eigenvalue weighted by Gasteiger charge is -2.19. The van der Waals surface area contributed by atoms with Crippen LogP contribution in [0.15, 0.2) is 121 Å². The zero-order chi connectivity index (χ0) is 20.9. The molecule has 1 heterocycles. The third-order valence-electron chi connectivity index (χ3n) is 5.24. The van der Waals surface area contributed by atoms with E-state index in [9.17, 15) is 0 Å². The van der Waals surface area contributed by atoms with Gasteiger partial charge in [0.1, 0.15) is 0 Å². The van der Waals surface area contributed by atoms with Gasteiger partial charge in [-0.05, 0) is 16.7 Å². The number of nitrogens with one attached hydrogen (secondary N) is 1. The van der Waals surface area contributed by atoms with Crippen LogP contribution in [0.1, 0.15) is 17.2 Å². The van der Waals surface area contributed by atoms with Crippen LogP contribution in [-0.2, 0) is 0 Å². The van der Waals surface area contributed by atoms with Gasteiger partial charge in [-0.3, -0.25) is 0 Å². The van der Waals surface area contributed by atoms with Crippen molar-refractivity contribution in [2.75, 3.05) is 5.32 Å². The van der Waals surface area contributed by atoms with Gasteiger partial charge in [-0.1, -0.05) is 133 Å². The van der Waals surface area contributed by atoms with Gasteiger partial charge in [0.05, 0.1) is 16.6 Å². The summed E-state index contributed by atoms with van der Waals surface area (Å²) in [5.41, 5.74) is 5.75. The Hall–Kier alpha value is -3.40. The summed E-state index contributed by atoms with van der Waals surface area (Å²) in [6.07, 6.45) is 0. The number of halogens is 1. The maximum absolute atomic E-state index is 5.06. The minimum Gasteiger partial charge on any atom is -0.351 e. The standard InChI is InChI=1S/C28H22N2S.ClH/c1-5-13-21(14-6-1)25(22-15-7-2-8-16-22)29-28-30-26(23-17-9-3-10-18-23)27(31-28)24-19-11-4-12-20-24;/h1-20,25H,(H,29,30);1H. The molecule has 5 aromatic rings. The van der Waals surface area contributed by atoms with E-state index in [2.05, 4.69) is 115 Å². The molecule has 0 fully saturated rings. The third-order valence-corrected chi connectivity index (χ3v) is 6.28. The fourth-order valence-electron chi connectivity index (χ4n) is 3.73. The fourth-order valence-corrected chi connectivity index (χ4v) is 4.75. The van der Waals surface area contributed by atoms with E-state index < -0.39 is 0 Å². The van der Waals surface area contributed by atoms with Crippen LogP contribution in [0.3, 0.4) is 0 Å². The van der Waals surface area contributed by atoms with Gasteiger partial charge in [0.2, 0.25) is 0 Å². The van der Waals surface area contributed by atoms with Crippen molar-refractivity contribution in [2.45, 2.75) is 6.04 Å². The summed E-state index contributed by atoms with van der Waals surface area (Å²) in [4.78, 5) is 6.23. The third kappa shape index (κ3) is 4.75. The van der Waals surface area contributed by atoms with E-state index in [0.29, 0.717) is 0 Å². The molecule has 2 nitrogen and oxygen atoms in total. The molecule has 0 saturated heterocycles. The molecule has 0 unspecified atom stereocenters. The highest BCUT2D eigenvalue weighted by Crippen LogP contribution is 2.40. The second kappa shape index (κ2) is 10.3. The molecule has 0 amide bonds. The molecule has 158 valence electrons. The lowest BCUT2D eigenvalue weighted by molar-refractivity contribution is 0.935. The summed E-state index contributed by atoms with van der Waals surface area (Å²) in [5.74, 6) is 0. The zero-order valence-electron chi connectivity index (χ0n) is 17.4. The monoisotopic (exact) mass is 454 g/mol. The highest BCUT2D eigenvalue weighted by molar-refractivity contribution is 7.19. The predicted octanol–water partition coefficient (Wildman–Crippen LogP) is 8.10. The van der Waals surface area contributed by atoms with Crippen LogP contribution in [0.5, 0.6) is 0 Å². The number of hydrogen-bond donors (Lipinski definition) is 1. The van der Waals surface area contributed by atoms with Crippen LogP contribution >= 0.6 is 23.7 Å². The van der Waals surface area contributed by atoms with Crippen molar-refractivity contribution in [2.24, 2.45) is 0 Å². The van der Waals surface area contributed by atoms with E-state index >= 15 is 0 Å². The van der Waals surface area contributed by atoms with E-state index in [0.717, 1.165) is 16.4 Å². The largest absolute Gasteiger partial charge is 0.351 e. The molecule has 5 rings (SSSR count). The van der Waals surface area contributed by atoms with Crippen molar-refractivity contribution in [3.8, 4) is 21.7 Å². The van der Waals surface area contributed by atoms with Crippen LogP contribution in [-0.4, -0.2) is 4.98 Å². The Morgan fingerprint density at radius 2 is 1.00 bits per heavy atom. The summed E-state index contributed by atoms with van der Waals surface area (Å²) in [5, 5.41) is 4.63. The number of thiazole rings is 1. The molecule has 4 heteroatoms. The van der Waals surface area contributed by atoms with Gasteiger partial charge >= 0.3 is 0 Å². The molecule has 1 N–H and O–H groups in total. The van der Waals surface area contributed by atoms with Crippen LogP contribution in [0.25, 0.3) is 21.7 Å². The summed E-state index contributed by atoms with van der Waals surface area (Å²) in [6, 6.07) is 42.0. The van der Waals surface area contributed by atoms with Crippen molar-refractivity contribution in [1.29, 1.82) is 0 Å². The Morgan fingerprint density at radius 3 is 1.50 bits per heavy atom. The molecule has 0 atom stereocenters. The molecule has 4 aromatic carbocycles. The molecule has 0 spiro atoms. The first-order valence-corrected chi connectivity index (χ1v) is 11.2. The first-order chi connectivity index (χ1) is 15.4. The fraction of sp³-hybridized carbons (Fsp3) is 0.0357. The van der Waals surface area contributed by atoms with Gasteiger partial charge in [0, 0.05) is 5.56 Å². The molecular formula is C28H23ClN2S. The van der Waals surface area contributed by atoms with E-state index in [1.54, 1.807) is 11.3 Å². The van der Waals surface area contributed by atoms with Crippen molar-refractivity contribution in [3.05, 3.63) is 132 Å². The van der Waals surface area contributed by atoms with Crippen LogP contribution in [0.4, 0.5) is 5.13 Å². The first kappa shape index (κ1) is 21.8. The molecule has 0 radical (unpaired) electrons. The molecule has 0 saturated carbocycles.